The van der Waals surface area contributed by atoms with E-state index in [-0.39, 0.29) is 29.3 Å². The quantitative estimate of drug-likeness (QED) is 0.618. The third-order valence-electron chi connectivity index (χ3n) is 7.71. The number of aryl methyl sites for hydroxylation is 2. The van der Waals surface area contributed by atoms with Crippen molar-refractivity contribution in [2.24, 2.45) is 0 Å². The molecule has 8 heteroatoms. The molecule has 2 aliphatic heterocycles. The van der Waals surface area contributed by atoms with Crippen molar-refractivity contribution in [3.05, 3.63) is 58.1 Å². The summed E-state index contributed by atoms with van der Waals surface area (Å²) < 4.78 is 30.6. The second-order valence-corrected chi connectivity index (χ2v) is 10.4. The Bertz CT molecular complexity index is 1050. The number of pyridine rings is 2. The minimum atomic E-state index is -0.342. The molecule has 4 fully saturated rings. The Morgan fingerprint density at radius 3 is 1.94 bits per heavy atom. The van der Waals surface area contributed by atoms with Crippen molar-refractivity contribution in [1.29, 1.82) is 0 Å². The Morgan fingerprint density at radius 2 is 1.39 bits per heavy atom. The molecule has 0 aromatic carbocycles. The molecule has 0 bridgehead atoms. The van der Waals surface area contributed by atoms with Gasteiger partial charge in [0.2, 0.25) is 5.88 Å². The van der Waals surface area contributed by atoms with E-state index >= 15 is 0 Å². The van der Waals surface area contributed by atoms with Crippen LogP contribution in [0.25, 0.3) is 0 Å². The van der Waals surface area contributed by atoms with E-state index in [2.05, 4.69) is 4.98 Å². The van der Waals surface area contributed by atoms with Crippen molar-refractivity contribution in [3.8, 4) is 5.88 Å². The summed E-state index contributed by atoms with van der Waals surface area (Å²) in [5.41, 5.74) is 2.30. The first-order chi connectivity index (χ1) is 17.4. The van der Waals surface area contributed by atoms with Gasteiger partial charge in [-0.25, -0.2) is 4.98 Å². The third kappa shape index (κ3) is 5.99. The van der Waals surface area contributed by atoms with Crippen molar-refractivity contribution >= 4 is 0 Å². The van der Waals surface area contributed by atoms with E-state index in [1.165, 1.54) is 5.56 Å². The molecule has 0 amide bonds. The van der Waals surface area contributed by atoms with E-state index in [0.29, 0.717) is 13.2 Å². The molecule has 4 aliphatic rings. The van der Waals surface area contributed by atoms with Crippen LogP contribution in [0.3, 0.4) is 0 Å². The van der Waals surface area contributed by atoms with Gasteiger partial charge in [0.1, 0.15) is 6.10 Å². The van der Waals surface area contributed by atoms with Gasteiger partial charge in [0, 0.05) is 56.3 Å². The van der Waals surface area contributed by atoms with Crippen LogP contribution < -0.4 is 10.3 Å². The lowest BCUT2D eigenvalue weighted by atomic mass is 9.90. The van der Waals surface area contributed by atoms with Crippen LogP contribution in [-0.4, -0.2) is 53.7 Å². The highest BCUT2D eigenvalue weighted by atomic mass is 16.7. The maximum Gasteiger partial charge on any atom is 0.251 e. The van der Waals surface area contributed by atoms with Gasteiger partial charge in [0.15, 0.2) is 11.6 Å². The Morgan fingerprint density at radius 1 is 0.833 bits per heavy atom. The van der Waals surface area contributed by atoms with Crippen molar-refractivity contribution in [2.45, 2.75) is 88.9 Å². The largest absolute Gasteiger partial charge is 0.474 e. The molecule has 2 saturated carbocycles. The van der Waals surface area contributed by atoms with Gasteiger partial charge < -0.3 is 28.3 Å². The minimum Gasteiger partial charge on any atom is -0.474 e. The average Bonchev–Trinajstić information content (AvgIpc) is 3.52. The van der Waals surface area contributed by atoms with Crippen LogP contribution in [-0.2, 0) is 18.9 Å². The summed E-state index contributed by atoms with van der Waals surface area (Å²) in [6, 6.07) is 7.94. The van der Waals surface area contributed by atoms with E-state index in [4.69, 9.17) is 23.7 Å². The maximum atomic E-state index is 12.0. The van der Waals surface area contributed by atoms with Crippen LogP contribution in [0.1, 0.15) is 68.5 Å². The zero-order chi connectivity index (χ0) is 25.0. The van der Waals surface area contributed by atoms with Crippen molar-refractivity contribution in [1.82, 2.24) is 9.55 Å². The SMILES string of the molecule is Cc1ccn(C2CCC3(CC2)OCCO3)c(=O)c1.Cc1ccnc(OC2CCC3(CC2)OCCO3)c1. The molecule has 2 aromatic rings. The molecular formula is C28H38N2O6. The van der Waals surface area contributed by atoms with Crippen molar-refractivity contribution < 1.29 is 23.7 Å². The molecule has 2 aromatic heterocycles. The molecule has 6 rings (SSSR count). The van der Waals surface area contributed by atoms with Gasteiger partial charge in [0.05, 0.1) is 26.4 Å². The predicted octanol–water partition coefficient (Wildman–Crippen LogP) is 4.47. The highest BCUT2D eigenvalue weighted by Gasteiger charge is 2.41. The summed E-state index contributed by atoms with van der Waals surface area (Å²) in [4.78, 5) is 16.2. The normalized spacial score (nSPS) is 25.0. The summed E-state index contributed by atoms with van der Waals surface area (Å²) in [6.07, 6.45) is 11.4. The molecule has 0 atom stereocenters. The predicted molar refractivity (Wildman–Crippen MR) is 134 cm³/mol. The summed E-state index contributed by atoms with van der Waals surface area (Å²) in [5.74, 6) is 0.0780. The Hall–Kier alpha value is -2.26. The van der Waals surface area contributed by atoms with Crippen molar-refractivity contribution in [3.63, 3.8) is 0 Å². The lowest BCUT2D eigenvalue weighted by molar-refractivity contribution is -0.186. The number of nitrogens with zero attached hydrogens (tertiary/aromatic N) is 2. The fourth-order valence-electron chi connectivity index (χ4n) is 5.67. The number of hydrogen-bond donors (Lipinski definition) is 0. The Labute approximate surface area is 212 Å². The van der Waals surface area contributed by atoms with Crippen LogP contribution in [0.5, 0.6) is 5.88 Å². The van der Waals surface area contributed by atoms with Gasteiger partial charge in [-0.1, -0.05) is 0 Å². The van der Waals surface area contributed by atoms with Crippen LogP contribution >= 0.6 is 0 Å². The molecule has 2 spiro atoms. The first-order valence-corrected chi connectivity index (χ1v) is 13.3. The van der Waals surface area contributed by atoms with Crippen molar-refractivity contribution in [2.75, 3.05) is 26.4 Å². The summed E-state index contributed by atoms with van der Waals surface area (Å²) in [5, 5.41) is 0. The molecule has 8 nitrogen and oxygen atoms in total. The van der Waals surface area contributed by atoms with Crippen LogP contribution in [0.4, 0.5) is 0 Å². The van der Waals surface area contributed by atoms with Gasteiger partial charge >= 0.3 is 0 Å². The van der Waals surface area contributed by atoms with E-state index in [0.717, 1.165) is 76.0 Å². The maximum absolute atomic E-state index is 12.0. The molecule has 0 radical (unpaired) electrons. The topological polar surface area (TPSA) is 81.0 Å². The molecule has 0 N–H and O–H groups in total. The third-order valence-corrected chi connectivity index (χ3v) is 7.71. The van der Waals surface area contributed by atoms with Gasteiger partial charge in [-0.3, -0.25) is 4.79 Å². The second kappa shape index (κ2) is 11.0. The zero-order valence-electron chi connectivity index (χ0n) is 21.4. The lowest BCUT2D eigenvalue weighted by Gasteiger charge is -2.36. The molecule has 196 valence electrons. The summed E-state index contributed by atoms with van der Waals surface area (Å²) >= 11 is 0. The molecule has 0 unspecified atom stereocenters. The Balaban J connectivity index is 0.000000148. The highest BCUT2D eigenvalue weighted by Crippen LogP contribution is 2.40. The molecule has 2 aliphatic carbocycles. The minimum absolute atomic E-state index is 0.101. The number of ether oxygens (including phenoxy) is 5. The molecule has 2 saturated heterocycles. The van der Waals surface area contributed by atoms with Gasteiger partial charge in [-0.05, 0) is 62.8 Å². The van der Waals surface area contributed by atoms with Gasteiger partial charge in [-0.15, -0.1) is 0 Å². The highest BCUT2D eigenvalue weighted by molar-refractivity contribution is 5.19. The molecule has 36 heavy (non-hydrogen) atoms. The van der Waals surface area contributed by atoms with E-state index in [9.17, 15) is 4.79 Å². The molecular weight excluding hydrogens is 460 g/mol. The smallest absolute Gasteiger partial charge is 0.251 e. The number of aromatic nitrogens is 2. The molecule has 4 heterocycles. The monoisotopic (exact) mass is 498 g/mol. The number of rotatable bonds is 3. The van der Waals surface area contributed by atoms with Gasteiger partial charge in [-0.2, -0.15) is 0 Å². The van der Waals surface area contributed by atoms with Gasteiger partial charge in [0.25, 0.3) is 5.56 Å². The fraction of sp³-hybridized carbons (Fsp3) is 0.643. The first kappa shape index (κ1) is 25.4. The Kier molecular flexibility index (Phi) is 7.76. The second-order valence-electron chi connectivity index (χ2n) is 10.4. The zero-order valence-corrected chi connectivity index (χ0v) is 21.4. The van der Waals surface area contributed by atoms with E-state index in [1.807, 2.05) is 42.8 Å². The van der Waals surface area contributed by atoms with E-state index in [1.54, 1.807) is 12.3 Å². The van der Waals surface area contributed by atoms with Crippen LogP contribution in [0.15, 0.2) is 41.5 Å². The average molecular weight is 499 g/mol. The first-order valence-electron chi connectivity index (χ1n) is 13.3. The lowest BCUT2D eigenvalue weighted by Crippen LogP contribution is -2.38. The summed E-state index contributed by atoms with van der Waals surface area (Å²) in [7, 11) is 0. The van der Waals surface area contributed by atoms with Crippen LogP contribution in [0.2, 0.25) is 0 Å². The number of hydrogen-bond acceptors (Lipinski definition) is 7. The summed E-state index contributed by atoms with van der Waals surface area (Å²) in [6.45, 7) is 6.85. The standard InChI is InChI=1S/2C14H19NO3/c1-11-4-7-15-13(10-11)18-12-2-5-14(6-3-12)16-8-9-17-14;1-11-4-7-15(13(16)10-11)12-2-5-14(6-3-12)17-8-9-18-14/h2*4,7,10,12H,2-3,5-6,8-9H2,1H3. The van der Waals surface area contributed by atoms with Crippen LogP contribution in [0, 0.1) is 13.8 Å². The van der Waals surface area contributed by atoms with E-state index < -0.39 is 0 Å². The fourth-order valence-corrected chi connectivity index (χ4v) is 5.67.